The lowest BCUT2D eigenvalue weighted by Gasteiger charge is -2.37. The second kappa shape index (κ2) is 13.6. The van der Waals surface area contributed by atoms with E-state index in [2.05, 4.69) is 39.3 Å². The van der Waals surface area contributed by atoms with Crippen molar-refractivity contribution < 1.29 is 26.8 Å². The molecule has 0 fully saturated rings. The van der Waals surface area contributed by atoms with Crippen molar-refractivity contribution in [2.75, 3.05) is 0 Å². The molecule has 1 radical (unpaired) electrons. The highest BCUT2D eigenvalue weighted by Gasteiger charge is 2.42. The maximum Gasteiger partial charge on any atom is 0.360 e. The second-order valence-electron chi connectivity index (χ2n) is 11.1. The third kappa shape index (κ3) is 11.6. The van der Waals surface area contributed by atoms with Crippen LogP contribution in [0, 0.1) is 5.92 Å². The molecule has 0 aliphatic rings. The molecule has 0 aliphatic heterocycles. The molecule has 2 aromatic rings. The smallest absolute Gasteiger partial charge is 0.360 e. The zero-order valence-electron chi connectivity index (χ0n) is 23.1. The summed E-state index contributed by atoms with van der Waals surface area (Å²) < 4.78 is 25.0. The van der Waals surface area contributed by atoms with Gasteiger partial charge in [0.1, 0.15) is 15.2 Å². The quantitative estimate of drug-likeness (QED) is 0.130. The molecule has 2 aromatic carbocycles. The first-order valence-electron chi connectivity index (χ1n) is 12.1. The van der Waals surface area contributed by atoms with Gasteiger partial charge in [-0.15, -0.1) is 0 Å². The number of hydrogen-bond acceptors (Lipinski definition) is 7. The molecule has 0 saturated heterocycles. The van der Waals surface area contributed by atoms with Gasteiger partial charge in [-0.25, -0.2) is 0 Å². The van der Waals surface area contributed by atoms with E-state index in [1.165, 1.54) is 0 Å². The molecule has 203 valence electrons. The van der Waals surface area contributed by atoms with Crippen molar-refractivity contribution in [1.29, 1.82) is 0 Å². The number of benzene rings is 2. The van der Waals surface area contributed by atoms with Gasteiger partial charge in [-0.2, -0.15) is 0 Å². The summed E-state index contributed by atoms with van der Waals surface area (Å²) in [4.78, 5) is 24.9. The molecule has 13 heteroatoms. The summed E-state index contributed by atoms with van der Waals surface area (Å²) in [6, 6.07) is 15.4. The number of esters is 1. The molecule has 6 nitrogen and oxygen atoms in total. The van der Waals surface area contributed by atoms with Crippen molar-refractivity contribution >= 4 is 73.4 Å². The Labute approximate surface area is 235 Å². The van der Waals surface area contributed by atoms with Gasteiger partial charge in [0.15, 0.2) is 28.9 Å². The highest BCUT2D eigenvalue weighted by Crippen LogP contribution is 2.28. The Morgan fingerprint density at radius 2 is 1.46 bits per heavy atom. The zero-order chi connectivity index (χ0) is 28.0. The third-order valence-corrected chi connectivity index (χ3v) is 20.1. The van der Waals surface area contributed by atoms with E-state index < -0.39 is 41.4 Å². The Bertz CT molecular complexity index is 1120. The summed E-state index contributed by atoms with van der Waals surface area (Å²) in [6.07, 6.45) is 0. The van der Waals surface area contributed by atoms with Gasteiger partial charge in [-0.05, 0) is 99.9 Å². The van der Waals surface area contributed by atoms with Gasteiger partial charge in [-0.1, -0.05) is 19.1 Å². The number of rotatable bonds is 12. The molecule has 3 atom stereocenters. The number of ether oxygens (including phenoxy) is 1. The summed E-state index contributed by atoms with van der Waals surface area (Å²) in [6.45, 7) is 17.2. The lowest BCUT2D eigenvalue weighted by Crippen LogP contribution is -2.53. The largest absolute Gasteiger partial charge is 0.615 e. The summed E-state index contributed by atoms with van der Waals surface area (Å²) in [5.74, 6) is -0.202. The van der Waals surface area contributed by atoms with Gasteiger partial charge in [0.25, 0.3) is 0 Å². The highest BCUT2D eigenvalue weighted by atomic mass is 32.9. The van der Waals surface area contributed by atoms with Crippen LogP contribution < -0.4 is 14.9 Å². The van der Waals surface area contributed by atoms with Crippen LogP contribution in [0.3, 0.4) is 0 Å². The normalized spacial score (nSPS) is 15.2. The van der Waals surface area contributed by atoms with Crippen molar-refractivity contribution in [3.63, 3.8) is 0 Å². The van der Waals surface area contributed by atoms with E-state index >= 15 is 0 Å². The van der Waals surface area contributed by atoms with Crippen LogP contribution in [-0.4, -0.2) is 40.4 Å². The first-order valence-corrected chi connectivity index (χ1v) is 26.9. The predicted molar refractivity (Wildman–Crippen MR) is 166 cm³/mol. The van der Waals surface area contributed by atoms with E-state index in [0.29, 0.717) is 11.8 Å². The Morgan fingerprint density at radius 1 is 0.946 bits per heavy atom. The summed E-state index contributed by atoms with van der Waals surface area (Å²) >= 11 is 4.82. The van der Waals surface area contributed by atoms with Gasteiger partial charge in [0, 0.05) is 17.2 Å². The Kier molecular flexibility index (Phi) is 12.0. The van der Waals surface area contributed by atoms with Crippen molar-refractivity contribution in [3.05, 3.63) is 48.5 Å². The van der Waals surface area contributed by atoms with Crippen LogP contribution in [0.15, 0.2) is 48.5 Å². The number of carbonyl (C=O) groups excluding carboxylic acids is 1. The number of hydrogen-bond donors (Lipinski definition) is 0. The van der Waals surface area contributed by atoms with Gasteiger partial charge in [0.05, 0.1) is 5.92 Å². The van der Waals surface area contributed by atoms with Crippen molar-refractivity contribution in [3.8, 4) is 16.9 Å². The second-order valence-corrected chi connectivity index (χ2v) is 29.6. The Balaban J connectivity index is 2.08. The zero-order valence-corrected chi connectivity index (χ0v) is 29.6. The van der Waals surface area contributed by atoms with E-state index in [4.69, 9.17) is 28.3 Å². The van der Waals surface area contributed by atoms with Crippen molar-refractivity contribution in [1.82, 2.24) is 0 Å². The summed E-state index contributed by atoms with van der Waals surface area (Å²) in [5.41, 5.74) is 1.95. The van der Waals surface area contributed by atoms with Gasteiger partial charge >= 0.3 is 23.8 Å². The van der Waals surface area contributed by atoms with Crippen LogP contribution in [0.4, 0.5) is 0 Å². The third-order valence-electron chi connectivity index (χ3n) is 4.96. The monoisotopic (exact) mass is 629 g/mol. The van der Waals surface area contributed by atoms with Gasteiger partial charge in [0.2, 0.25) is 0 Å². The maximum atomic E-state index is 13.0. The highest BCUT2D eigenvalue weighted by molar-refractivity contribution is 8.35. The molecule has 0 heterocycles. The fourth-order valence-corrected chi connectivity index (χ4v) is 19.9. The molecule has 0 bridgehead atoms. The predicted octanol–water partition coefficient (Wildman–Crippen LogP) is 5.65. The van der Waals surface area contributed by atoms with Crippen LogP contribution in [0.5, 0.6) is 5.75 Å². The molecule has 0 N–H and O–H groups in total. The molecule has 2 rings (SSSR count). The average Bonchev–Trinajstić information content (AvgIpc) is 2.76. The molecule has 0 aliphatic carbocycles. The van der Waals surface area contributed by atoms with E-state index in [1.807, 2.05) is 56.4 Å². The van der Waals surface area contributed by atoms with Crippen LogP contribution in [0.25, 0.3) is 11.1 Å². The SMILES string of the molecule is CC(C[Si](C)(O[Si](C)O[Si](C)(C)C)O[Si](C)(C)C)C(=O)Oc1ccc(-c2ccc([P+]([O-])=S=S)cc2)cc1. The molecule has 0 spiro atoms. The standard InChI is InChI=1S/C24H38O6PS2Si4/c1-19(18-37(9,30-36(6,7)8)29-34(2)28-35(3,4)5)24(25)27-22-14-10-20(11-15-22)21-12-16-23(17-13-21)31(26)33-32/h10-17,19H,18H2,1-9H3. The molecule has 3 unspecified atom stereocenters. The van der Waals surface area contributed by atoms with Crippen molar-refractivity contribution in [2.45, 2.75) is 65.3 Å². The van der Waals surface area contributed by atoms with E-state index in [9.17, 15) is 9.69 Å². The van der Waals surface area contributed by atoms with E-state index in [-0.39, 0.29) is 11.9 Å². The summed E-state index contributed by atoms with van der Waals surface area (Å²) in [5, 5.41) is 0.722. The molecule has 37 heavy (non-hydrogen) atoms. The average molecular weight is 630 g/mol. The lowest BCUT2D eigenvalue weighted by atomic mass is 10.1. The van der Waals surface area contributed by atoms with Gasteiger partial charge in [-0.3, -0.25) is 4.79 Å². The minimum atomic E-state index is -2.69. The van der Waals surface area contributed by atoms with E-state index in [0.717, 1.165) is 25.9 Å². The minimum absolute atomic E-state index is 0.306. The fraction of sp³-hybridized carbons (Fsp3) is 0.458. The molecular weight excluding hydrogens is 592 g/mol. The lowest BCUT2D eigenvalue weighted by molar-refractivity contribution is -0.148. The molecular formula is C24H38O6PS2Si4. The molecule has 0 saturated carbocycles. The Hall–Kier alpha value is -0.642. The first kappa shape index (κ1) is 32.6. The van der Waals surface area contributed by atoms with Crippen LogP contribution >= 0.6 is 6.92 Å². The summed E-state index contributed by atoms with van der Waals surface area (Å²) in [7, 11) is -6.91. The molecule has 0 aromatic heterocycles. The van der Waals surface area contributed by atoms with Crippen LogP contribution in [0.1, 0.15) is 6.92 Å². The van der Waals surface area contributed by atoms with Crippen molar-refractivity contribution in [2.24, 2.45) is 5.92 Å². The molecule has 0 amide bonds. The van der Waals surface area contributed by atoms with Gasteiger partial charge < -0.3 is 22.0 Å². The maximum absolute atomic E-state index is 13.0. The first-order chi connectivity index (χ1) is 17.0. The number of carbonyl (C=O) groups is 1. The Morgan fingerprint density at radius 3 is 1.92 bits per heavy atom. The van der Waals surface area contributed by atoms with E-state index in [1.54, 1.807) is 12.1 Å². The minimum Gasteiger partial charge on any atom is -0.615 e. The topological polar surface area (TPSA) is 77.1 Å². The van der Waals surface area contributed by atoms with Crippen LogP contribution in [-0.2, 0) is 37.8 Å². The fourth-order valence-electron chi connectivity index (χ4n) is 3.90. The van der Waals surface area contributed by atoms with Crippen LogP contribution in [0.2, 0.25) is 58.4 Å².